The number of aromatic nitrogens is 1. The van der Waals surface area contributed by atoms with Crippen molar-refractivity contribution < 1.29 is 24.2 Å². The number of rotatable bonds is 6. The summed E-state index contributed by atoms with van der Waals surface area (Å²) in [7, 11) is 1.59. The monoisotopic (exact) mass is 371 g/mol. The third kappa shape index (κ3) is 4.82. The maximum absolute atomic E-state index is 12.4. The number of ether oxygens (including phenoxy) is 2. The zero-order chi connectivity index (χ0) is 18.8. The van der Waals surface area contributed by atoms with Crippen LogP contribution in [0.3, 0.4) is 0 Å². The van der Waals surface area contributed by atoms with E-state index >= 15 is 0 Å². The van der Waals surface area contributed by atoms with Crippen LogP contribution in [0.1, 0.15) is 36.1 Å². The molecular weight excluding hydrogens is 346 g/mol. The Kier molecular flexibility index (Phi) is 5.89. The van der Waals surface area contributed by atoms with Crippen molar-refractivity contribution in [1.29, 1.82) is 0 Å². The van der Waals surface area contributed by atoms with Gasteiger partial charge in [-0.2, -0.15) is 0 Å². The van der Waals surface area contributed by atoms with Gasteiger partial charge in [-0.25, -0.2) is 14.6 Å². The fourth-order valence-corrected chi connectivity index (χ4v) is 3.38. The zero-order valence-electron chi connectivity index (χ0n) is 15.2. The summed E-state index contributed by atoms with van der Waals surface area (Å²) in [4.78, 5) is 31.8. The van der Waals surface area contributed by atoms with Crippen molar-refractivity contribution in [2.75, 3.05) is 38.3 Å². The Morgan fingerprint density at radius 2 is 2.04 bits per heavy atom. The summed E-state index contributed by atoms with van der Waals surface area (Å²) in [6.07, 6.45) is -0.365. The van der Waals surface area contributed by atoms with Gasteiger partial charge in [0.05, 0.1) is 18.3 Å². The summed E-state index contributed by atoms with van der Waals surface area (Å²) in [6, 6.07) is -0.0116. The molecule has 140 valence electrons. The Morgan fingerprint density at radius 3 is 2.52 bits per heavy atom. The average Bonchev–Trinajstić information content (AvgIpc) is 2.80. The molecule has 2 rings (SSSR count). The normalized spacial score (nSPS) is 15.0. The van der Waals surface area contributed by atoms with Gasteiger partial charge in [-0.3, -0.25) is 4.90 Å². The lowest BCUT2D eigenvalue weighted by molar-refractivity contribution is 0.00720. The zero-order valence-corrected chi connectivity index (χ0v) is 16.1. The molecule has 0 bridgehead atoms. The van der Waals surface area contributed by atoms with E-state index in [-0.39, 0.29) is 17.0 Å². The third-order valence-electron chi connectivity index (χ3n) is 3.72. The number of aromatic carboxylic acids is 1. The Balaban J connectivity index is 2.01. The Hall–Kier alpha value is -1.87. The van der Waals surface area contributed by atoms with E-state index in [1.54, 1.807) is 18.9 Å². The van der Waals surface area contributed by atoms with Crippen molar-refractivity contribution in [2.45, 2.75) is 39.3 Å². The van der Waals surface area contributed by atoms with E-state index in [0.29, 0.717) is 37.1 Å². The Morgan fingerprint density at radius 1 is 1.40 bits per heavy atom. The van der Waals surface area contributed by atoms with E-state index in [2.05, 4.69) is 4.98 Å². The summed E-state index contributed by atoms with van der Waals surface area (Å²) >= 11 is 1.16. The average molecular weight is 371 g/mol. The predicted molar refractivity (Wildman–Crippen MR) is 94.6 cm³/mol. The van der Waals surface area contributed by atoms with E-state index in [0.717, 1.165) is 11.3 Å². The van der Waals surface area contributed by atoms with E-state index in [1.165, 1.54) is 0 Å². The SMILES string of the molecule is COCCN(C(=O)OC(C)(C)C)C1CN(c2nc(C)c(C(=O)O)s2)C1. The van der Waals surface area contributed by atoms with Crippen molar-refractivity contribution >= 4 is 28.5 Å². The molecule has 1 aromatic heterocycles. The highest BCUT2D eigenvalue weighted by atomic mass is 32.1. The maximum atomic E-state index is 12.4. The highest BCUT2D eigenvalue weighted by Gasteiger charge is 2.38. The minimum absolute atomic E-state index is 0.0116. The van der Waals surface area contributed by atoms with Crippen molar-refractivity contribution in [3.63, 3.8) is 0 Å². The fourth-order valence-electron chi connectivity index (χ4n) is 2.46. The van der Waals surface area contributed by atoms with Crippen LogP contribution in [0.5, 0.6) is 0 Å². The molecule has 1 fully saturated rings. The molecule has 2 heterocycles. The van der Waals surface area contributed by atoms with Crippen LogP contribution in [0.25, 0.3) is 0 Å². The summed E-state index contributed by atoms with van der Waals surface area (Å²) < 4.78 is 10.6. The van der Waals surface area contributed by atoms with Crippen LogP contribution in [0.2, 0.25) is 0 Å². The lowest BCUT2D eigenvalue weighted by Gasteiger charge is -2.45. The van der Waals surface area contributed by atoms with Gasteiger partial charge < -0.3 is 19.5 Å². The van der Waals surface area contributed by atoms with Gasteiger partial charge in [0.25, 0.3) is 0 Å². The molecule has 0 aromatic carbocycles. The first kappa shape index (κ1) is 19.5. The first-order valence-electron chi connectivity index (χ1n) is 8.06. The van der Waals surface area contributed by atoms with Crippen molar-refractivity contribution in [3.05, 3.63) is 10.6 Å². The standard InChI is InChI=1S/C16H25N3O5S/c1-10-12(13(20)21)25-14(17-10)18-8-11(9-18)19(6-7-23-5)15(22)24-16(2,3)4/h11H,6-9H2,1-5H3,(H,20,21). The van der Waals surface area contributed by atoms with Gasteiger partial charge >= 0.3 is 12.1 Å². The summed E-state index contributed by atoms with van der Waals surface area (Å²) in [5.74, 6) is -0.964. The minimum Gasteiger partial charge on any atom is -0.477 e. The van der Waals surface area contributed by atoms with Crippen LogP contribution in [0, 0.1) is 6.92 Å². The number of hydrogen-bond acceptors (Lipinski definition) is 7. The van der Waals surface area contributed by atoms with E-state index in [4.69, 9.17) is 14.6 Å². The number of aryl methyl sites for hydroxylation is 1. The second-order valence-electron chi connectivity index (χ2n) is 6.94. The predicted octanol–water partition coefficient (Wildman–Crippen LogP) is 2.22. The summed E-state index contributed by atoms with van der Waals surface area (Å²) in [5.41, 5.74) is -0.0476. The van der Waals surface area contributed by atoms with Crippen LogP contribution in [0.4, 0.5) is 9.93 Å². The maximum Gasteiger partial charge on any atom is 0.410 e. The van der Waals surface area contributed by atoms with Crippen LogP contribution in [-0.2, 0) is 9.47 Å². The van der Waals surface area contributed by atoms with Gasteiger partial charge in [0.2, 0.25) is 0 Å². The Labute approximate surface area is 151 Å². The minimum atomic E-state index is -0.964. The van der Waals surface area contributed by atoms with Gasteiger partial charge in [0.15, 0.2) is 5.13 Å². The van der Waals surface area contributed by atoms with Crippen molar-refractivity contribution in [2.24, 2.45) is 0 Å². The first-order valence-corrected chi connectivity index (χ1v) is 8.88. The number of nitrogens with zero attached hydrogens (tertiary/aromatic N) is 3. The lowest BCUT2D eigenvalue weighted by atomic mass is 10.1. The van der Waals surface area contributed by atoms with E-state index in [9.17, 15) is 9.59 Å². The molecule has 0 saturated carbocycles. The molecule has 0 unspecified atom stereocenters. The molecule has 25 heavy (non-hydrogen) atoms. The molecule has 1 N–H and O–H groups in total. The highest BCUT2D eigenvalue weighted by Crippen LogP contribution is 2.31. The number of hydrogen-bond donors (Lipinski definition) is 1. The van der Waals surface area contributed by atoms with Crippen LogP contribution in [0.15, 0.2) is 0 Å². The number of anilines is 1. The number of methoxy groups -OCH3 is 1. The molecule has 0 aliphatic carbocycles. The van der Waals surface area contributed by atoms with Crippen LogP contribution in [-0.4, -0.2) is 72.0 Å². The largest absolute Gasteiger partial charge is 0.477 e. The molecule has 9 heteroatoms. The number of carboxylic acid groups (broad SMARTS) is 1. The van der Waals surface area contributed by atoms with Gasteiger partial charge in [-0.1, -0.05) is 11.3 Å². The first-order chi connectivity index (χ1) is 11.6. The highest BCUT2D eigenvalue weighted by molar-refractivity contribution is 7.17. The number of amides is 1. The Bertz CT molecular complexity index is 634. The molecule has 1 aliphatic heterocycles. The number of carboxylic acids is 1. The van der Waals surface area contributed by atoms with Gasteiger partial charge in [-0.05, 0) is 27.7 Å². The smallest absolute Gasteiger partial charge is 0.410 e. The molecule has 8 nitrogen and oxygen atoms in total. The lowest BCUT2D eigenvalue weighted by Crippen LogP contribution is -2.62. The summed E-state index contributed by atoms with van der Waals surface area (Å²) in [6.45, 7) is 9.24. The second kappa shape index (κ2) is 7.57. The number of carbonyl (C=O) groups excluding carboxylic acids is 1. The summed E-state index contributed by atoms with van der Waals surface area (Å²) in [5, 5.41) is 9.81. The molecule has 1 saturated heterocycles. The molecule has 0 radical (unpaired) electrons. The molecule has 1 amide bonds. The molecule has 0 atom stereocenters. The quantitative estimate of drug-likeness (QED) is 0.819. The van der Waals surface area contributed by atoms with Gasteiger partial charge in [0.1, 0.15) is 10.5 Å². The van der Waals surface area contributed by atoms with Crippen LogP contribution < -0.4 is 4.90 Å². The number of thiazole rings is 1. The van der Waals surface area contributed by atoms with Crippen molar-refractivity contribution in [3.8, 4) is 0 Å². The topological polar surface area (TPSA) is 92.2 Å². The second-order valence-corrected chi connectivity index (χ2v) is 7.92. The fraction of sp³-hybridized carbons (Fsp3) is 0.688. The molecule has 1 aromatic rings. The molecule has 0 spiro atoms. The van der Waals surface area contributed by atoms with E-state index in [1.807, 2.05) is 25.7 Å². The number of carbonyl (C=O) groups is 2. The molecular formula is C16H25N3O5S. The van der Waals surface area contributed by atoms with Gasteiger partial charge in [-0.15, -0.1) is 0 Å². The van der Waals surface area contributed by atoms with Crippen molar-refractivity contribution in [1.82, 2.24) is 9.88 Å². The van der Waals surface area contributed by atoms with Crippen LogP contribution >= 0.6 is 11.3 Å². The van der Waals surface area contributed by atoms with Gasteiger partial charge in [0, 0.05) is 26.7 Å². The molecule has 1 aliphatic rings. The van der Waals surface area contributed by atoms with E-state index < -0.39 is 11.6 Å². The third-order valence-corrected chi connectivity index (χ3v) is 4.92.